The predicted molar refractivity (Wildman–Crippen MR) is 73.6 cm³/mol. The Kier molecular flexibility index (Phi) is 3.74. The van der Waals surface area contributed by atoms with Gasteiger partial charge in [-0.3, -0.25) is 0 Å². The number of nitrogens with one attached hydrogen (secondary N) is 1. The van der Waals surface area contributed by atoms with Crippen LogP contribution in [0.15, 0.2) is 18.2 Å². The molecule has 4 heteroatoms. The molecule has 2 rings (SSSR count). The maximum absolute atomic E-state index is 4.58. The Morgan fingerprint density at radius 3 is 2.59 bits per heavy atom. The van der Waals surface area contributed by atoms with Gasteiger partial charge in [0.1, 0.15) is 5.82 Å². The van der Waals surface area contributed by atoms with Crippen molar-refractivity contribution < 1.29 is 0 Å². The average molecular weight is 247 g/mol. The van der Waals surface area contributed by atoms with E-state index in [1.807, 2.05) is 13.1 Å². The van der Waals surface area contributed by atoms with Gasteiger partial charge in [0.25, 0.3) is 0 Å². The first kappa shape index (κ1) is 12.0. The summed E-state index contributed by atoms with van der Waals surface area (Å²) in [5.74, 6) is 1.72. The van der Waals surface area contributed by atoms with Crippen LogP contribution in [0.2, 0.25) is 0 Å². The molecule has 1 N–H and O–H groups in total. The van der Waals surface area contributed by atoms with Crippen molar-refractivity contribution in [2.24, 2.45) is 0 Å². The molecule has 0 amide bonds. The number of aryl methyl sites for hydroxylation is 2. The van der Waals surface area contributed by atoms with Gasteiger partial charge >= 0.3 is 0 Å². The van der Waals surface area contributed by atoms with Crippen LogP contribution in [0.4, 0.5) is 5.82 Å². The van der Waals surface area contributed by atoms with Crippen LogP contribution in [0, 0.1) is 0 Å². The maximum atomic E-state index is 4.58. The van der Waals surface area contributed by atoms with Gasteiger partial charge in [-0.05, 0) is 25.0 Å². The van der Waals surface area contributed by atoms with Crippen LogP contribution < -0.4 is 5.32 Å². The normalized spacial score (nSPS) is 10.5. The molecule has 3 nitrogen and oxygen atoms in total. The summed E-state index contributed by atoms with van der Waals surface area (Å²) in [4.78, 5) is 11.6. The average Bonchev–Trinajstić information content (AvgIpc) is 2.86. The molecule has 0 aliphatic carbocycles. The third kappa shape index (κ3) is 2.64. The Morgan fingerprint density at radius 1 is 1.18 bits per heavy atom. The summed E-state index contributed by atoms with van der Waals surface area (Å²) < 4.78 is 0. The van der Waals surface area contributed by atoms with Crippen LogP contribution in [-0.4, -0.2) is 17.0 Å². The molecule has 2 heterocycles. The van der Waals surface area contributed by atoms with Gasteiger partial charge in [0, 0.05) is 23.7 Å². The molecule has 0 fully saturated rings. The molecule has 0 aromatic carbocycles. The van der Waals surface area contributed by atoms with Crippen LogP contribution in [-0.2, 0) is 12.8 Å². The Labute approximate surface area is 106 Å². The smallest absolute Gasteiger partial charge is 0.171 e. The first-order valence-electron chi connectivity index (χ1n) is 5.91. The summed E-state index contributed by atoms with van der Waals surface area (Å²) in [6.45, 7) is 4.27. The fraction of sp³-hybridized carbons (Fsp3) is 0.385. The molecule has 0 aliphatic rings. The van der Waals surface area contributed by atoms with Crippen molar-refractivity contribution in [2.45, 2.75) is 26.7 Å². The van der Waals surface area contributed by atoms with Crippen molar-refractivity contribution in [3.8, 4) is 10.7 Å². The largest absolute Gasteiger partial charge is 0.373 e. The van der Waals surface area contributed by atoms with Crippen molar-refractivity contribution in [2.75, 3.05) is 12.4 Å². The van der Waals surface area contributed by atoms with Crippen LogP contribution in [0.5, 0.6) is 0 Å². The molecule has 2 aromatic heterocycles. The second kappa shape index (κ2) is 5.27. The molecule has 0 atom stereocenters. The van der Waals surface area contributed by atoms with E-state index in [4.69, 9.17) is 0 Å². The van der Waals surface area contributed by atoms with Gasteiger partial charge in [-0.2, -0.15) is 0 Å². The van der Waals surface area contributed by atoms with Gasteiger partial charge in [0.2, 0.25) is 0 Å². The highest BCUT2D eigenvalue weighted by Crippen LogP contribution is 2.26. The summed E-state index contributed by atoms with van der Waals surface area (Å²) in [5.41, 5.74) is 1.07. The monoisotopic (exact) mass is 247 g/mol. The van der Waals surface area contributed by atoms with E-state index in [1.54, 1.807) is 11.3 Å². The first-order valence-corrected chi connectivity index (χ1v) is 6.73. The van der Waals surface area contributed by atoms with Crippen molar-refractivity contribution >= 4 is 17.2 Å². The molecule has 0 bridgehead atoms. The van der Waals surface area contributed by atoms with Gasteiger partial charge in [-0.25, -0.2) is 9.97 Å². The lowest BCUT2D eigenvalue weighted by Gasteiger charge is -2.04. The van der Waals surface area contributed by atoms with Gasteiger partial charge in [0.15, 0.2) is 5.82 Å². The first-order chi connectivity index (χ1) is 8.26. The fourth-order valence-corrected chi connectivity index (χ4v) is 2.49. The zero-order valence-electron chi connectivity index (χ0n) is 10.4. The van der Waals surface area contributed by atoms with Crippen LogP contribution in [0.25, 0.3) is 10.7 Å². The minimum Gasteiger partial charge on any atom is -0.373 e. The van der Waals surface area contributed by atoms with E-state index in [0.717, 1.165) is 35.1 Å². The van der Waals surface area contributed by atoms with Gasteiger partial charge < -0.3 is 5.32 Å². The lowest BCUT2D eigenvalue weighted by Crippen LogP contribution is -1.99. The van der Waals surface area contributed by atoms with Crippen LogP contribution >= 0.6 is 11.3 Å². The molecule has 90 valence electrons. The van der Waals surface area contributed by atoms with Crippen molar-refractivity contribution in [3.63, 3.8) is 0 Å². The summed E-state index contributed by atoms with van der Waals surface area (Å²) >= 11 is 1.77. The highest BCUT2D eigenvalue weighted by atomic mass is 32.1. The fourth-order valence-electron chi connectivity index (χ4n) is 1.60. The maximum Gasteiger partial charge on any atom is 0.171 e. The minimum atomic E-state index is 0.832. The number of hydrogen-bond donors (Lipinski definition) is 1. The SMILES string of the molecule is CCc1cc(NC)nc(-c2ccc(CC)s2)n1. The second-order valence-corrected chi connectivity index (χ2v) is 4.96. The van der Waals surface area contributed by atoms with E-state index in [1.165, 1.54) is 4.88 Å². The number of nitrogens with zero attached hydrogens (tertiary/aromatic N) is 2. The quantitative estimate of drug-likeness (QED) is 0.900. The number of hydrogen-bond acceptors (Lipinski definition) is 4. The third-order valence-electron chi connectivity index (χ3n) is 2.63. The van der Waals surface area contributed by atoms with Crippen molar-refractivity contribution in [1.29, 1.82) is 0 Å². The zero-order valence-corrected chi connectivity index (χ0v) is 11.3. The van der Waals surface area contributed by atoms with Gasteiger partial charge in [-0.1, -0.05) is 13.8 Å². The predicted octanol–water partition coefficient (Wildman–Crippen LogP) is 3.37. The number of aromatic nitrogens is 2. The zero-order chi connectivity index (χ0) is 12.3. The van der Waals surface area contributed by atoms with E-state index in [2.05, 4.69) is 41.3 Å². The molecular weight excluding hydrogens is 230 g/mol. The lowest BCUT2D eigenvalue weighted by molar-refractivity contribution is 1.01. The molecule has 0 spiro atoms. The van der Waals surface area contributed by atoms with Gasteiger partial charge in [0.05, 0.1) is 4.88 Å². The summed E-state index contributed by atoms with van der Waals surface area (Å²) in [6.07, 6.45) is 1.99. The molecular formula is C13H17N3S. The van der Waals surface area contributed by atoms with Crippen molar-refractivity contribution in [3.05, 3.63) is 28.8 Å². The standard InChI is InChI=1S/C13H17N3S/c1-4-9-8-12(14-3)16-13(15-9)11-7-6-10(5-2)17-11/h6-8H,4-5H2,1-3H3,(H,14,15,16). The molecule has 0 saturated heterocycles. The molecule has 0 aliphatic heterocycles. The Morgan fingerprint density at radius 2 is 2.00 bits per heavy atom. The minimum absolute atomic E-state index is 0.832. The van der Waals surface area contributed by atoms with E-state index >= 15 is 0 Å². The Hall–Kier alpha value is -1.42. The summed E-state index contributed by atoms with van der Waals surface area (Å²) in [5, 5.41) is 3.09. The molecule has 17 heavy (non-hydrogen) atoms. The summed E-state index contributed by atoms with van der Waals surface area (Å²) in [6, 6.07) is 6.26. The van der Waals surface area contributed by atoms with E-state index < -0.39 is 0 Å². The van der Waals surface area contributed by atoms with Gasteiger partial charge in [-0.15, -0.1) is 11.3 Å². The number of rotatable bonds is 4. The topological polar surface area (TPSA) is 37.8 Å². The molecule has 0 unspecified atom stereocenters. The molecule has 2 aromatic rings. The number of thiophene rings is 1. The Balaban J connectivity index is 2.43. The lowest BCUT2D eigenvalue weighted by atomic mass is 10.3. The van der Waals surface area contributed by atoms with E-state index in [-0.39, 0.29) is 0 Å². The highest BCUT2D eigenvalue weighted by molar-refractivity contribution is 7.15. The second-order valence-electron chi connectivity index (χ2n) is 3.79. The number of anilines is 1. The van der Waals surface area contributed by atoms with Crippen LogP contribution in [0.1, 0.15) is 24.4 Å². The van der Waals surface area contributed by atoms with E-state index in [9.17, 15) is 0 Å². The molecule has 0 saturated carbocycles. The molecule has 0 radical (unpaired) electrons. The van der Waals surface area contributed by atoms with Crippen LogP contribution in [0.3, 0.4) is 0 Å². The van der Waals surface area contributed by atoms with Crippen molar-refractivity contribution in [1.82, 2.24) is 9.97 Å². The Bertz CT molecular complexity index is 483. The third-order valence-corrected chi connectivity index (χ3v) is 3.85. The van der Waals surface area contributed by atoms with E-state index in [0.29, 0.717) is 0 Å². The summed E-state index contributed by atoms with van der Waals surface area (Å²) in [7, 11) is 1.89. The highest BCUT2D eigenvalue weighted by Gasteiger charge is 2.07.